The molecule has 3 N–H and O–H groups in total. The summed E-state index contributed by atoms with van der Waals surface area (Å²) in [4.78, 5) is 0. The third-order valence-electron chi connectivity index (χ3n) is 1.94. The highest BCUT2D eigenvalue weighted by Gasteiger charge is 2.36. The van der Waals surface area contributed by atoms with E-state index >= 15 is 0 Å². The van der Waals surface area contributed by atoms with E-state index in [4.69, 9.17) is 15.2 Å². The van der Waals surface area contributed by atoms with Crippen LogP contribution in [0.3, 0.4) is 0 Å². The van der Waals surface area contributed by atoms with Gasteiger partial charge in [-0.3, -0.25) is 0 Å². The van der Waals surface area contributed by atoms with Gasteiger partial charge in [0.1, 0.15) is 0 Å². The van der Waals surface area contributed by atoms with Crippen LogP contribution in [-0.4, -0.2) is 38.1 Å². The molecule has 72 valence electrons. The summed E-state index contributed by atoms with van der Waals surface area (Å²) in [5, 5.41) is 3.02. The van der Waals surface area contributed by atoms with Gasteiger partial charge in [-0.15, -0.1) is 0 Å². The van der Waals surface area contributed by atoms with Crippen LogP contribution >= 0.6 is 0 Å². The Balaban J connectivity index is 2.44. The van der Waals surface area contributed by atoms with E-state index in [0.717, 1.165) is 0 Å². The van der Waals surface area contributed by atoms with Gasteiger partial charge in [0, 0.05) is 6.54 Å². The van der Waals surface area contributed by atoms with Crippen molar-refractivity contribution in [2.45, 2.75) is 25.2 Å². The summed E-state index contributed by atoms with van der Waals surface area (Å²) >= 11 is 0. The van der Waals surface area contributed by atoms with E-state index in [0.29, 0.717) is 19.8 Å². The minimum atomic E-state index is -0.476. The molecule has 0 unspecified atom stereocenters. The maximum Gasteiger partial charge on any atom is 0.162 e. The zero-order chi connectivity index (χ0) is 9.24. The molecule has 0 radical (unpaired) electrons. The summed E-state index contributed by atoms with van der Waals surface area (Å²) in [5.74, 6) is -0.476. The van der Waals surface area contributed by atoms with E-state index in [1.54, 1.807) is 0 Å². The topological polar surface area (TPSA) is 56.5 Å². The summed E-state index contributed by atoms with van der Waals surface area (Å²) in [6, 6.07) is 0. The Labute approximate surface area is 73.4 Å². The summed E-state index contributed by atoms with van der Waals surface area (Å²) in [6.45, 7) is 5.59. The molecule has 0 atom stereocenters. The standard InChI is InChI=1S/C8H18N2O2/c1-7(2)11-5-8(9,4-10-3)6-12-7/h10H,4-6,9H2,1-3H3. The number of hydrogen-bond acceptors (Lipinski definition) is 4. The molecule has 1 rings (SSSR count). The molecule has 0 bridgehead atoms. The van der Waals surface area contributed by atoms with Gasteiger partial charge in [0.25, 0.3) is 0 Å². The summed E-state index contributed by atoms with van der Waals surface area (Å²) in [6.07, 6.45) is 0. The molecular weight excluding hydrogens is 156 g/mol. The highest BCUT2D eigenvalue weighted by atomic mass is 16.7. The van der Waals surface area contributed by atoms with Crippen LogP contribution in [0.25, 0.3) is 0 Å². The van der Waals surface area contributed by atoms with Crippen molar-refractivity contribution < 1.29 is 9.47 Å². The molecular formula is C8H18N2O2. The average Bonchev–Trinajstić information content (AvgIpc) is 1.98. The van der Waals surface area contributed by atoms with Crippen molar-refractivity contribution in [2.75, 3.05) is 26.8 Å². The third kappa shape index (κ3) is 2.42. The molecule has 0 saturated carbocycles. The fourth-order valence-electron chi connectivity index (χ4n) is 1.17. The molecule has 1 heterocycles. The average molecular weight is 174 g/mol. The first-order chi connectivity index (χ1) is 5.47. The predicted molar refractivity (Wildman–Crippen MR) is 46.8 cm³/mol. The molecule has 1 fully saturated rings. The SMILES string of the molecule is CNCC1(N)COC(C)(C)OC1. The number of ether oxygens (including phenoxy) is 2. The lowest BCUT2D eigenvalue weighted by atomic mass is 10.0. The number of nitrogens with two attached hydrogens (primary N) is 1. The van der Waals surface area contributed by atoms with Crippen LogP contribution in [0.1, 0.15) is 13.8 Å². The molecule has 1 aliphatic rings. The van der Waals surface area contributed by atoms with Crippen LogP contribution in [0.15, 0.2) is 0 Å². The molecule has 1 saturated heterocycles. The van der Waals surface area contributed by atoms with Gasteiger partial charge in [0.15, 0.2) is 5.79 Å². The van der Waals surface area contributed by atoms with Crippen LogP contribution in [0.5, 0.6) is 0 Å². The fraction of sp³-hybridized carbons (Fsp3) is 1.00. The summed E-state index contributed by atoms with van der Waals surface area (Å²) < 4.78 is 10.9. The normalized spacial score (nSPS) is 27.0. The van der Waals surface area contributed by atoms with E-state index in [-0.39, 0.29) is 5.54 Å². The molecule has 0 aromatic carbocycles. The lowest BCUT2D eigenvalue weighted by Gasteiger charge is -2.41. The third-order valence-corrected chi connectivity index (χ3v) is 1.94. The van der Waals surface area contributed by atoms with Crippen LogP contribution in [0.4, 0.5) is 0 Å². The smallest absolute Gasteiger partial charge is 0.162 e. The van der Waals surface area contributed by atoms with Gasteiger partial charge >= 0.3 is 0 Å². The Bertz CT molecular complexity index is 149. The van der Waals surface area contributed by atoms with E-state index in [1.807, 2.05) is 20.9 Å². The molecule has 1 aliphatic heterocycles. The molecule has 0 amide bonds. The van der Waals surface area contributed by atoms with Crippen molar-refractivity contribution in [1.29, 1.82) is 0 Å². The first kappa shape index (κ1) is 9.92. The lowest BCUT2D eigenvalue weighted by molar-refractivity contribution is -0.265. The van der Waals surface area contributed by atoms with Crippen molar-refractivity contribution in [2.24, 2.45) is 5.73 Å². The second kappa shape index (κ2) is 3.30. The van der Waals surface area contributed by atoms with Crippen molar-refractivity contribution in [3.63, 3.8) is 0 Å². The van der Waals surface area contributed by atoms with E-state index in [2.05, 4.69) is 5.32 Å². The summed E-state index contributed by atoms with van der Waals surface area (Å²) in [7, 11) is 1.87. The second-order valence-corrected chi connectivity index (χ2v) is 3.87. The monoisotopic (exact) mass is 174 g/mol. The molecule has 0 aromatic rings. The highest BCUT2D eigenvalue weighted by Crippen LogP contribution is 2.21. The molecule has 4 nitrogen and oxygen atoms in total. The van der Waals surface area contributed by atoms with Gasteiger partial charge in [-0.25, -0.2) is 0 Å². The molecule has 0 spiro atoms. The second-order valence-electron chi connectivity index (χ2n) is 3.87. The van der Waals surface area contributed by atoms with Gasteiger partial charge in [-0.2, -0.15) is 0 Å². The lowest BCUT2D eigenvalue weighted by Crippen LogP contribution is -2.61. The zero-order valence-corrected chi connectivity index (χ0v) is 8.02. The van der Waals surface area contributed by atoms with E-state index < -0.39 is 5.79 Å². The van der Waals surface area contributed by atoms with Crippen LogP contribution in [-0.2, 0) is 9.47 Å². The Kier molecular flexibility index (Phi) is 2.73. The molecule has 4 heteroatoms. The molecule has 0 aliphatic carbocycles. The fourth-order valence-corrected chi connectivity index (χ4v) is 1.17. The van der Waals surface area contributed by atoms with Crippen LogP contribution < -0.4 is 11.1 Å². The predicted octanol–water partition coefficient (Wildman–Crippen LogP) is -0.314. The van der Waals surface area contributed by atoms with Gasteiger partial charge in [-0.1, -0.05) is 0 Å². The first-order valence-corrected chi connectivity index (χ1v) is 4.19. The van der Waals surface area contributed by atoms with Crippen molar-refractivity contribution in [3.05, 3.63) is 0 Å². The Morgan fingerprint density at radius 3 is 2.25 bits per heavy atom. The zero-order valence-electron chi connectivity index (χ0n) is 8.02. The van der Waals surface area contributed by atoms with Gasteiger partial charge in [0.2, 0.25) is 0 Å². The van der Waals surface area contributed by atoms with E-state index in [9.17, 15) is 0 Å². The Morgan fingerprint density at radius 2 is 1.83 bits per heavy atom. The minimum Gasteiger partial charge on any atom is -0.348 e. The number of nitrogens with one attached hydrogen (secondary N) is 1. The van der Waals surface area contributed by atoms with Crippen LogP contribution in [0, 0.1) is 0 Å². The first-order valence-electron chi connectivity index (χ1n) is 4.19. The van der Waals surface area contributed by atoms with Crippen LogP contribution in [0.2, 0.25) is 0 Å². The van der Waals surface area contributed by atoms with Gasteiger partial charge in [0.05, 0.1) is 18.8 Å². The maximum atomic E-state index is 5.98. The van der Waals surface area contributed by atoms with Gasteiger partial charge in [-0.05, 0) is 20.9 Å². The summed E-state index contributed by atoms with van der Waals surface area (Å²) in [5.41, 5.74) is 5.61. The highest BCUT2D eigenvalue weighted by molar-refractivity contribution is 4.89. The molecule has 12 heavy (non-hydrogen) atoms. The van der Waals surface area contributed by atoms with Crippen molar-refractivity contribution >= 4 is 0 Å². The minimum absolute atomic E-state index is 0.371. The van der Waals surface area contributed by atoms with Crippen molar-refractivity contribution in [3.8, 4) is 0 Å². The number of hydrogen-bond donors (Lipinski definition) is 2. The Morgan fingerprint density at radius 1 is 1.33 bits per heavy atom. The largest absolute Gasteiger partial charge is 0.348 e. The van der Waals surface area contributed by atoms with E-state index in [1.165, 1.54) is 0 Å². The quantitative estimate of drug-likeness (QED) is 0.603. The number of rotatable bonds is 2. The number of likely N-dealkylation sites (N-methyl/N-ethyl adjacent to an activating group) is 1. The molecule has 0 aromatic heterocycles. The van der Waals surface area contributed by atoms with Gasteiger partial charge < -0.3 is 20.5 Å². The maximum absolute atomic E-state index is 5.98. The Hall–Kier alpha value is -0.160. The van der Waals surface area contributed by atoms with Crippen molar-refractivity contribution in [1.82, 2.24) is 5.32 Å².